The third kappa shape index (κ3) is 3.73. The zero-order chi connectivity index (χ0) is 18.8. The van der Waals surface area contributed by atoms with Crippen LogP contribution >= 0.6 is 11.8 Å². The predicted molar refractivity (Wildman–Crippen MR) is 100 cm³/mol. The summed E-state index contributed by atoms with van der Waals surface area (Å²) in [7, 11) is 0. The molecule has 4 rings (SSSR count). The van der Waals surface area contributed by atoms with Crippen LogP contribution in [0.2, 0.25) is 0 Å². The first-order valence-electron chi connectivity index (χ1n) is 9.26. The number of ether oxygens (including phenoxy) is 2. The van der Waals surface area contributed by atoms with E-state index in [0.717, 1.165) is 24.3 Å². The van der Waals surface area contributed by atoms with Gasteiger partial charge in [0, 0.05) is 18.2 Å². The molecule has 3 heterocycles. The number of amides is 1. The average molecular weight is 389 g/mol. The minimum atomic E-state index is 0.136. The van der Waals surface area contributed by atoms with Crippen LogP contribution in [-0.4, -0.2) is 62.1 Å². The standard InChI is InChI=1S/C18H23N5O3S/c1-12-4-3-5-13(2)22(12)17(24)11-27-18-19-20-21-23(18)14-6-7-15-16(10-14)26-9-8-25-15/h6-7,10,12-13H,3-5,8-9,11H2,1-2H3/t12-,13-/m1/s1. The molecule has 0 N–H and O–H groups in total. The van der Waals surface area contributed by atoms with Crippen LogP contribution in [0.4, 0.5) is 0 Å². The van der Waals surface area contributed by atoms with Crippen molar-refractivity contribution in [1.29, 1.82) is 0 Å². The van der Waals surface area contributed by atoms with Crippen LogP contribution in [0, 0.1) is 0 Å². The Morgan fingerprint density at radius 3 is 2.70 bits per heavy atom. The quantitative estimate of drug-likeness (QED) is 0.742. The molecule has 8 nitrogen and oxygen atoms in total. The number of tetrazole rings is 1. The Kier molecular flexibility index (Phi) is 5.20. The summed E-state index contributed by atoms with van der Waals surface area (Å²) < 4.78 is 12.8. The van der Waals surface area contributed by atoms with Crippen LogP contribution in [-0.2, 0) is 4.79 Å². The van der Waals surface area contributed by atoms with Gasteiger partial charge in [-0.1, -0.05) is 11.8 Å². The Balaban J connectivity index is 1.47. The highest BCUT2D eigenvalue weighted by atomic mass is 32.2. The summed E-state index contributed by atoms with van der Waals surface area (Å²) >= 11 is 1.36. The van der Waals surface area contributed by atoms with E-state index in [-0.39, 0.29) is 18.0 Å². The lowest BCUT2D eigenvalue weighted by molar-refractivity contribution is -0.134. The minimum Gasteiger partial charge on any atom is -0.486 e. The molecule has 0 radical (unpaired) electrons. The summed E-state index contributed by atoms with van der Waals surface area (Å²) in [5.74, 6) is 1.85. The lowest BCUT2D eigenvalue weighted by atomic mass is 9.98. The van der Waals surface area contributed by atoms with Gasteiger partial charge in [0.05, 0.1) is 11.4 Å². The van der Waals surface area contributed by atoms with Crippen LogP contribution in [0.5, 0.6) is 11.5 Å². The Morgan fingerprint density at radius 2 is 1.93 bits per heavy atom. The number of benzene rings is 1. The number of rotatable bonds is 4. The zero-order valence-corrected chi connectivity index (χ0v) is 16.3. The topological polar surface area (TPSA) is 82.4 Å². The van der Waals surface area contributed by atoms with Crippen molar-refractivity contribution < 1.29 is 14.3 Å². The molecule has 2 aromatic rings. The maximum absolute atomic E-state index is 12.7. The van der Waals surface area contributed by atoms with Crippen LogP contribution in [0.1, 0.15) is 33.1 Å². The molecule has 1 aromatic carbocycles. The Morgan fingerprint density at radius 1 is 1.19 bits per heavy atom. The second-order valence-corrected chi connectivity index (χ2v) is 7.86. The minimum absolute atomic E-state index is 0.136. The van der Waals surface area contributed by atoms with E-state index in [9.17, 15) is 4.79 Å². The molecule has 144 valence electrons. The fourth-order valence-corrected chi connectivity index (χ4v) is 4.47. The smallest absolute Gasteiger partial charge is 0.233 e. The predicted octanol–water partition coefficient (Wildman–Crippen LogP) is 2.32. The molecule has 1 saturated heterocycles. The highest BCUT2D eigenvalue weighted by Crippen LogP contribution is 2.33. The number of likely N-dealkylation sites (tertiary alicyclic amines) is 1. The largest absolute Gasteiger partial charge is 0.486 e. The molecule has 2 aliphatic rings. The van der Waals surface area contributed by atoms with Crippen molar-refractivity contribution in [2.24, 2.45) is 0 Å². The first-order valence-corrected chi connectivity index (χ1v) is 10.2. The molecular formula is C18H23N5O3S. The lowest BCUT2D eigenvalue weighted by Gasteiger charge is -2.39. The molecule has 27 heavy (non-hydrogen) atoms. The molecule has 2 aliphatic heterocycles. The van der Waals surface area contributed by atoms with E-state index in [2.05, 4.69) is 29.4 Å². The van der Waals surface area contributed by atoms with E-state index in [1.807, 2.05) is 23.1 Å². The van der Waals surface area contributed by atoms with E-state index in [1.165, 1.54) is 18.2 Å². The van der Waals surface area contributed by atoms with Gasteiger partial charge in [-0.15, -0.1) is 5.10 Å². The zero-order valence-electron chi connectivity index (χ0n) is 15.5. The van der Waals surface area contributed by atoms with Gasteiger partial charge in [0.25, 0.3) is 0 Å². The molecule has 0 spiro atoms. The molecule has 0 bridgehead atoms. The summed E-state index contributed by atoms with van der Waals surface area (Å²) in [6.45, 7) is 5.32. The number of thioether (sulfide) groups is 1. The molecule has 0 saturated carbocycles. The summed E-state index contributed by atoms with van der Waals surface area (Å²) in [4.78, 5) is 14.8. The van der Waals surface area contributed by atoms with Crippen molar-refractivity contribution in [2.45, 2.75) is 50.4 Å². The molecule has 0 aliphatic carbocycles. The molecule has 1 aromatic heterocycles. The van der Waals surface area contributed by atoms with Gasteiger partial charge in [0.1, 0.15) is 13.2 Å². The number of hydrogen-bond donors (Lipinski definition) is 0. The van der Waals surface area contributed by atoms with Crippen molar-refractivity contribution in [3.63, 3.8) is 0 Å². The third-order valence-corrected chi connectivity index (χ3v) is 5.92. The molecule has 9 heteroatoms. The van der Waals surface area contributed by atoms with Crippen LogP contribution in [0.3, 0.4) is 0 Å². The lowest BCUT2D eigenvalue weighted by Crippen LogP contribution is -2.48. The van der Waals surface area contributed by atoms with E-state index in [4.69, 9.17) is 9.47 Å². The van der Waals surface area contributed by atoms with E-state index >= 15 is 0 Å². The summed E-state index contributed by atoms with van der Waals surface area (Å²) in [6, 6.07) is 6.16. The van der Waals surface area contributed by atoms with Gasteiger partial charge in [0.2, 0.25) is 11.1 Å². The van der Waals surface area contributed by atoms with Crippen molar-refractivity contribution in [3.8, 4) is 17.2 Å². The summed E-state index contributed by atoms with van der Waals surface area (Å²) in [6.07, 6.45) is 3.31. The van der Waals surface area contributed by atoms with Gasteiger partial charge in [-0.3, -0.25) is 4.79 Å². The maximum Gasteiger partial charge on any atom is 0.233 e. The molecule has 1 amide bonds. The summed E-state index contributed by atoms with van der Waals surface area (Å²) in [5.41, 5.74) is 0.777. The van der Waals surface area contributed by atoms with Gasteiger partial charge in [-0.25, -0.2) is 0 Å². The number of piperidine rings is 1. The molecule has 0 unspecified atom stereocenters. The third-order valence-electron chi connectivity index (χ3n) is 5.02. The normalized spacial score (nSPS) is 21.9. The monoisotopic (exact) mass is 389 g/mol. The Bertz CT molecular complexity index is 817. The van der Waals surface area contributed by atoms with Crippen LogP contribution < -0.4 is 9.47 Å². The Labute approximate surface area is 162 Å². The van der Waals surface area contributed by atoms with Crippen molar-refractivity contribution in [1.82, 2.24) is 25.1 Å². The fraction of sp³-hybridized carbons (Fsp3) is 0.556. The highest BCUT2D eigenvalue weighted by Gasteiger charge is 2.29. The van der Waals surface area contributed by atoms with Crippen molar-refractivity contribution >= 4 is 17.7 Å². The Hall–Kier alpha value is -2.29. The number of fused-ring (bicyclic) bond motifs is 1. The SMILES string of the molecule is C[C@@H]1CCC[C@@H](C)N1C(=O)CSc1nnnn1-c1ccc2c(c1)OCCO2. The van der Waals surface area contributed by atoms with Gasteiger partial charge in [-0.2, -0.15) is 4.68 Å². The molecular weight excluding hydrogens is 366 g/mol. The van der Waals surface area contributed by atoms with Crippen molar-refractivity contribution in [3.05, 3.63) is 18.2 Å². The first kappa shape index (κ1) is 18.1. The average Bonchev–Trinajstić information content (AvgIpc) is 3.14. The highest BCUT2D eigenvalue weighted by molar-refractivity contribution is 7.99. The number of carbonyl (C=O) groups excluding carboxylic acids is 1. The molecule has 1 fully saturated rings. The number of hydrogen-bond acceptors (Lipinski definition) is 7. The second kappa shape index (κ2) is 7.75. The fourth-order valence-electron chi connectivity index (χ4n) is 3.71. The van der Waals surface area contributed by atoms with Gasteiger partial charge in [-0.05, 0) is 55.7 Å². The van der Waals surface area contributed by atoms with Gasteiger partial charge >= 0.3 is 0 Å². The number of carbonyl (C=O) groups is 1. The van der Waals surface area contributed by atoms with Crippen LogP contribution in [0.25, 0.3) is 5.69 Å². The molecule has 2 atom stereocenters. The maximum atomic E-state index is 12.7. The second-order valence-electron chi connectivity index (χ2n) is 6.92. The number of nitrogens with zero attached hydrogens (tertiary/aromatic N) is 5. The summed E-state index contributed by atoms with van der Waals surface area (Å²) in [5, 5.41) is 12.5. The van der Waals surface area contributed by atoms with Crippen molar-refractivity contribution in [2.75, 3.05) is 19.0 Å². The van der Waals surface area contributed by atoms with Gasteiger partial charge in [0.15, 0.2) is 11.5 Å². The van der Waals surface area contributed by atoms with Crippen LogP contribution in [0.15, 0.2) is 23.4 Å². The van der Waals surface area contributed by atoms with E-state index in [1.54, 1.807) is 4.68 Å². The number of aromatic nitrogens is 4. The van der Waals surface area contributed by atoms with E-state index < -0.39 is 0 Å². The van der Waals surface area contributed by atoms with E-state index in [0.29, 0.717) is 29.9 Å². The van der Waals surface area contributed by atoms with Gasteiger partial charge < -0.3 is 14.4 Å². The first-order chi connectivity index (χ1) is 13.1.